The standard InChI is InChI=1S/C23H20N2OS/c1-17-14-22(26)25(23(24-17)27-16-18-8-3-2-4-9-18)15-20-12-7-11-19-10-5-6-13-21(19)20/h2-14H,15-16H2,1H3. The number of aryl methyl sites for hydroxylation is 1. The normalized spacial score (nSPS) is 11.0. The minimum atomic E-state index is -0.00834. The molecule has 1 heterocycles. The monoisotopic (exact) mass is 372 g/mol. The van der Waals surface area contributed by atoms with Crippen molar-refractivity contribution in [3.05, 3.63) is 106 Å². The van der Waals surface area contributed by atoms with Crippen LogP contribution in [0.2, 0.25) is 0 Å². The average Bonchev–Trinajstić information content (AvgIpc) is 2.69. The molecule has 0 radical (unpaired) electrons. The second kappa shape index (κ2) is 7.80. The molecule has 3 nitrogen and oxygen atoms in total. The quantitative estimate of drug-likeness (QED) is 0.363. The zero-order valence-corrected chi connectivity index (χ0v) is 15.9. The lowest BCUT2D eigenvalue weighted by molar-refractivity contribution is 0.641. The van der Waals surface area contributed by atoms with Gasteiger partial charge < -0.3 is 0 Å². The smallest absolute Gasteiger partial charge is 0.254 e. The van der Waals surface area contributed by atoms with Gasteiger partial charge in [0.05, 0.1) is 6.54 Å². The Labute approximate surface area is 162 Å². The van der Waals surface area contributed by atoms with Gasteiger partial charge in [-0.3, -0.25) is 9.36 Å². The number of benzene rings is 3. The molecule has 0 unspecified atom stereocenters. The van der Waals surface area contributed by atoms with Crippen LogP contribution >= 0.6 is 11.8 Å². The Morgan fingerprint density at radius 2 is 1.67 bits per heavy atom. The number of hydrogen-bond acceptors (Lipinski definition) is 3. The fourth-order valence-corrected chi connectivity index (χ4v) is 4.18. The van der Waals surface area contributed by atoms with Crippen LogP contribution in [0, 0.1) is 6.92 Å². The number of hydrogen-bond donors (Lipinski definition) is 0. The van der Waals surface area contributed by atoms with Crippen molar-refractivity contribution in [2.75, 3.05) is 0 Å². The highest BCUT2D eigenvalue weighted by molar-refractivity contribution is 7.98. The molecular formula is C23H20N2OS. The first-order valence-electron chi connectivity index (χ1n) is 8.92. The lowest BCUT2D eigenvalue weighted by Crippen LogP contribution is -2.23. The first-order valence-corrected chi connectivity index (χ1v) is 9.91. The lowest BCUT2D eigenvalue weighted by Gasteiger charge is -2.14. The molecule has 4 aromatic rings. The molecule has 0 aliphatic rings. The first kappa shape index (κ1) is 17.6. The van der Waals surface area contributed by atoms with Gasteiger partial charge in [-0.1, -0.05) is 84.6 Å². The van der Waals surface area contributed by atoms with E-state index in [2.05, 4.69) is 41.4 Å². The van der Waals surface area contributed by atoms with Crippen LogP contribution in [-0.4, -0.2) is 9.55 Å². The third kappa shape index (κ3) is 3.96. The zero-order valence-electron chi connectivity index (χ0n) is 15.1. The van der Waals surface area contributed by atoms with Crippen molar-refractivity contribution in [3.63, 3.8) is 0 Å². The predicted octanol–water partition coefficient (Wildman–Crippen LogP) is 5.05. The Balaban J connectivity index is 1.70. The Kier molecular flexibility index (Phi) is 5.07. The van der Waals surface area contributed by atoms with Crippen molar-refractivity contribution in [1.82, 2.24) is 9.55 Å². The molecule has 0 fully saturated rings. The van der Waals surface area contributed by atoms with Crippen LogP contribution in [0.3, 0.4) is 0 Å². The van der Waals surface area contributed by atoms with Crippen molar-refractivity contribution in [1.29, 1.82) is 0 Å². The molecule has 0 amide bonds. The summed E-state index contributed by atoms with van der Waals surface area (Å²) in [6, 6.07) is 26.4. The van der Waals surface area contributed by atoms with Gasteiger partial charge in [-0.25, -0.2) is 4.98 Å². The van der Waals surface area contributed by atoms with Crippen LogP contribution < -0.4 is 5.56 Å². The van der Waals surface area contributed by atoms with Crippen LogP contribution in [0.25, 0.3) is 10.8 Å². The predicted molar refractivity (Wildman–Crippen MR) is 112 cm³/mol. The topological polar surface area (TPSA) is 34.9 Å². The molecule has 0 saturated heterocycles. The summed E-state index contributed by atoms with van der Waals surface area (Å²) in [7, 11) is 0. The summed E-state index contributed by atoms with van der Waals surface area (Å²) in [5, 5.41) is 3.12. The van der Waals surface area contributed by atoms with Crippen molar-refractivity contribution in [2.45, 2.75) is 24.4 Å². The summed E-state index contributed by atoms with van der Waals surface area (Å²) >= 11 is 1.60. The Morgan fingerprint density at radius 3 is 2.52 bits per heavy atom. The second-order valence-corrected chi connectivity index (χ2v) is 7.46. The minimum Gasteiger partial charge on any atom is -0.283 e. The van der Waals surface area contributed by atoms with E-state index in [1.54, 1.807) is 22.4 Å². The number of fused-ring (bicyclic) bond motifs is 1. The molecule has 3 aromatic carbocycles. The fourth-order valence-electron chi connectivity index (χ4n) is 3.17. The molecule has 1 aromatic heterocycles. The van der Waals surface area contributed by atoms with E-state index in [4.69, 9.17) is 0 Å². The van der Waals surface area contributed by atoms with E-state index in [9.17, 15) is 4.79 Å². The van der Waals surface area contributed by atoms with Crippen LogP contribution in [0.15, 0.2) is 88.8 Å². The van der Waals surface area contributed by atoms with Gasteiger partial charge in [0.25, 0.3) is 5.56 Å². The molecule has 0 N–H and O–H groups in total. The number of nitrogens with zero attached hydrogens (tertiary/aromatic N) is 2. The number of rotatable bonds is 5. The van der Waals surface area contributed by atoms with Crippen molar-refractivity contribution in [2.24, 2.45) is 0 Å². The Morgan fingerprint density at radius 1 is 0.926 bits per heavy atom. The van der Waals surface area contributed by atoms with Gasteiger partial charge in [0, 0.05) is 17.5 Å². The van der Waals surface area contributed by atoms with Crippen LogP contribution in [0.1, 0.15) is 16.8 Å². The number of aromatic nitrogens is 2. The van der Waals surface area contributed by atoms with Crippen molar-refractivity contribution >= 4 is 22.5 Å². The van der Waals surface area contributed by atoms with Gasteiger partial charge in [0.15, 0.2) is 5.16 Å². The summed E-state index contributed by atoms with van der Waals surface area (Å²) in [4.78, 5) is 17.4. The van der Waals surface area contributed by atoms with Crippen molar-refractivity contribution < 1.29 is 0 Å². The molecular weight excluding hydrogens is 352 g/mol. The highest BCUT2D eigenvalue weighted by Gasteiger charge is 2.11. The fraction of sp³-hybridized carbons (Fsp3) is 0.130. The van der Waals surface area contributed by atoms with Crippen LogP contribution in [0.4, 0.5) is 0 Å². The highest BCUT2D eigenvalue weighted by Crippen LogP contribution is 2.23. The van der Waals surface area contributed by atoms with Gasteiger partial charge in [-0.2, -0.15) is 0 Å². The third-order valence-electron chi connectivity index (χ3n) is 4.52. The molecule has 0 saturated carbocycles. The summed E-state index contributed by atoms with van der Waals surface area (Å²) in [6.45, 7) is 2.39. The third-order valence-corrected chi connectivity index (χ3v) is 5.57. The molecule has 4 rings (SSSR count). The Hall–Kier alpha value is -2.85. The van der Waals surface area contributed by atoms with E-state index in [1.807, 2.05) is 43.3 Å². The molecule has 0 bridgehead atoms. The van der Waals surface area contributed by atoms with Gasteiger partial charge >= 0.3 is 0 Å². The molecule has 0 aliphatic heterocycles. The number of thioether (sulfide) groups is 1. The lowest BCUT2D eigenvalue weighted by atomic mass is 10.0. The summed E-state index contributed by atoms with van der Waals surface area (Å²) in [5.41, 5.74) is 3.09. The van der Waals surface area contributed by atoms with Gasteiger partial charge in [-0.05, 0) is 28.8 Å². The summed E-state index contributed by atoms with van der Waals surface area (Å²) in [6.07, 6.45) is 0. The molecule has 0 aliphatic carbocycles. The van der Waals surface area contributed by atoms with E-state index >= 15 is 0 Å². The molecule has 134 valence electrons. The zero-order chi connectivity index (χ0) is 18.6. The van der Waals surface area contributed by atoms with E-state index in [0.717, 1.165) is 22.2 Å². The first-order chi connectivity index (χ1) is 13.2. The second-order valence-electron chi connectivity index (χ2n) is 6.52. The van der Waals surface area contributed by atoms with E-state index in [1.165, 1.54) is 16.3 Å². The van der Waals surface area contributed by atoms with Gasteiger partial charge in [0.2, 0.25) is 0 Å². The molecule has 4 heteroatoms. The van der Waals surface area contributed by atoms with E-state index in [-0.39, 0.29) is 5.56 Å². The van der Waals surface area contributed by atoms with Crippen LogP contribution in [-0.2, 0) is 12.3 Å². The minimum absolute atomic E-state index is 0.00834. The Bertz CT molecular complexity index is 1130. The van der Waals surface area contributed by atoms with Crippen molar-refractivity contribution in [3.8, 4) is 0 Å². The van der Waals surface area contributed by atoms with E-state index in [0.29, 0.717) is 6.54 Å². The average molecular weight is 372 g/mol. The SMILES string of the molecule is Cc1cc(=O)n(Cc2cccc3ccccc23)c(SCc2ccccc2)n1. The highest BCUT2D eigenvalue weighted by atomic mass is 32.2. The maximum Gasteiger partial charge on any atom is 0.254 e. The van der Waals surface area contributed by atoms with E-state index < -0.39 is 0 Å². The summed E-state index contributed by atoms with van der Waals surface area (Å²) < 4.78 is 1.78. The largest absolute Gasteiger partial charge is 0.283 e. The van der Waals surface area contributed by atoms with Crippen LogP contribution in [0.5, 0.6) is 0 Å². The molecule has 27 heavy (non-hydrogen) atoms. The van der Waals surface area contributed by atoms with Gasteiger partial charge in [0.1, 0.15) is 0 Å². The molecule has 0 spiro atoms. The maximum atomic E-state index is 12.7. The summed E-state index contributed by atoms with van der Waals surface area (Å²) in [5.74, 6) is 0.784. The maximum absolute atomic E-state index is 12.7. The molecule has 0 atom stereocenters. The van der Waals surface area contributed by atoms with Gasteiger partial charge in [-0.15, -0.1) is 0 Å².